The first-order chi connectivity index (χ1) is 9.86. The number of aromatic nitrogens is 3. The molecule has 2 aromatic rings. The second-order valence-corrected chi connectivity index (χ2v) is 6.86. The van der Waals surface area contributed by atoms with Gasteiger partial charge in [-0.3, -0.25) is 4.98 Å². The molecule has 6 nitrogen and oxygen atoms in total. The van der Waals surface area contributed by atoms with Gasteiger partial charge in [0.2, 0.25) is 10.0 Å². The van der Waals surface area contributed by atoms with Crippen LogP contribution >= 0.6 is 0 Å². The van der Waals surface area contributed by atoms with Gasteiger partial charge in [0.1, 0.15) is 5.82 Å². The van der Waals surface area contributed by atoms with Crippen molar-refractivity contribution in [1.29, 1.82) is 0 Å². The third kappa shape index (κ3) is 3.25. The van der Waals surface area contributed by atoms with Crippen molar-refractivity contribution < 1.29 is 8.42 Å². The highest BCUT2D eigenvalue weighted by atomic mass is 32.2. The SMILES string of the molecule is CC(C)C(CS(N)(=O)=O)(c1cccnc1)c1ncccn1. The Labute approximate surface area is 124 Å². The molecule has 0 spiro atoms. The summed E-state index contributed by atoms with van der Waals surface area (Å²) in [5, 5.41) is 5.33. The predicted octanol–water partition coefficient (Wildman–Crippen LogP) is 1.10. The van der Waals surface area contributed by atoms with Gasteiger partial charge in [-0.05, 0) is 23.6 Å². The average Bonchev–Trinajstić information content (AvgIpc) is 2.45. The van der Waals surface area contributed by atoms with E-state index < -0.39 is 15.4 Å². The molecule has 2 aromatic heterocycles. The van der Waals surface area contributed by atoms with Crippen LogP contribution in [0.1, 0.15) is 25.2 Å². The van der Waals surface area contributed by atoms with Crippen LogP contribution in [0.5, 0.6) is 0 Å². The summed E-state index contributed by atoms with van der Waals surface area (Å²) in [4.78, 5) is 12.6. The second kappa shape index (κ2) is 5.87. The average molecular weight is 306 g/mol. The van der Waals surface area contributed by atoms with Crippen LogP contribution in [0.3, 0.4) is 0 Å². The molecule has 0 aliphatic heterocycles. The van der Waals surface area contributed by atoms with Gasteiger partial charge in [0.05, 0.1) is 11.2 Å². The second-order valence-electron chi connectivity index (χ2n) is 5.25. The van der Waals surface area contributed by atoms with Gasteiger partial charge in [-0.25, -0.2) is 23.5 Å². The van der Waals surface area contributed by atoms with E-state index in [2.05, 4.69) is 15.0 Å². The van der Waals surface area contributed by atoms with Crippen molar-refractivity contribution in [3.63, 3.8) is 0 Å². The van der Waals surface area contributed by atoms with Crippen LogP contribution < -0.4 is 5.14 Å². The van der Waals surface area contributed by atoms with Gasteiger partial charge in [0.25, 0.3) is 0 Å². The van der Waals surface area contributed by atoms with E-state index in [1.165, 1.54) is 0 Å². The van der Waals surface area contributed by atoms with Crippen LogP contribution in [0.2, 0.25) is 0 Å². The number of hydrogen-bond acceptors (Lipinski definition) is 5. The van der Waals surface area contributed by atoms with Crippen molar-refractivity contribution in [1.82, 2.24) is 15.0 Å². The molecular weight excluding hydrogens is 288 g/mol. The molecule has 0 aliphatic rings. The van der Waals surface area contributed by atoms with E-state index in [1.807, 2.05) is 19.9 Å². The molecule has 0 aromatic carbocycles. The first kappa shape index (κ1) is 15.5. The highest BCUT2D eigenvalue weighted by Crippen LogP contribution is 2.37. The summed E-state index contributed by atoms with van der Waals surface area (Å²) in [6, 6.07) is 5.28. The van der Waals surface area contributed by atoms with Gasteiger partial charge in [-0.2, -0.15) is 0 Å². The summed E-state index contributed by atoms with van der Waals surface area (Å²) in [7, 11) is -3.73. The van der Waals surface area contributed by atoms with E-state index in [1.54, 1.807) is 36.9 Å². The van der Waals surface area contributed by atoms with Gasteiger partial charge < -0.3 is 0 Å². The molecule has 0 amide bonds. The molecule has 112 valence electrons. The Kier molecular flexibility index (Phi) is 4.34. The van der Waals surface area contributed by atoms with Crippen LogP contribution in [-0.4, -0.2) is 29.1 Å². The standard InChI is InChI=1S/C14H18N4O2S/c1-11(2)14(10-21(15,19)20,12-5-3-6-16-9-12)13-17-7-4-8-18-13/h3-9,11H,10H2,1-2H3,(H2,15,19,20). The molecule has 2 heterocycles. The zero-order chi connectivity index (χ0) is 15.5. The lowest BCUT2D eigenvalue weighted by Gasteiger charge is -2.35. The predicted molar refractivity (Wildman–Crippen MR) is 79.9 cm³/mol. The Morgan fingerprint density at radius 1 is 1.19 bits per heavy atom. The largest absolute Gasteiger partial charge is 0.264 e. The molecule has 0 saturated heterocycles. The van der Waals surface area contributed by atoms with Crippen molar-refractivity contribution >= 4 is 10.0 Å². The number of hydrogen-bond donors (Lipinski definition) is 1. The molecule has 0 saturated carbocycles. The molecule has 2 rings (SSSR count). The lowest BCUT2D eigenvalue weighted by molar-refractivity contribution is 0.382. The quantitative estimate of drug-likeness (QED) is 0.892. The van der Waals surface area contributed by atoms with E-state index >= 15 is 0 Å². The summed E-state index contributed by atoms with van der Waals surface area (Å²) in [6.07, 6.45) is 6.47. The maximum absolute atomic E-state index is 11.8. The van der Waals surface area contributed by atoms with Crippen molar-refractivity contribution in [2.75, 3.05) is 5.75 Å². The van der Waals surface area contributed by atoms with E-state index in [0.29, 0.717) is 5.82 Å². The van der Waals surface area contributed by atoms with Crippen LogP contribution in [-0.2, 0) is 15.4 Å². The van der Waals surface area contributed by atoms with E-state index in [-0.39, 0.29) is 11.7 Å². The van der Waals surface area contributed by atoms with Gasteiger partial charge in [-0.15, -0.1) is 0 Å². The molecule has 1 unspecified atom stereocenters. The fourth-order valence-electron chi connectivity index (χ4n) is 2.51. The molecular formula is C14H18N4O2S. The molecule has 2 N–H and O–H groups in total. The number of pyridine rings is 1. The smallest absolute Gasteiger partial charge is 0.210 e. The molecule has 21 heavy (non-hydrogen) atoms. The summed E-state index contributed by atoms with van der Waals surface area (Å²) >= 11 is 0. The van der Waals surface area contributed by atoms with Crippen molar-refractivity contribution in [2.24, 2.45) is 11.1 Å². The maximum atomic E-state index is 11.8. The van der Waals surface area contributed by atoms with Gasteiger partial charge in [0.15, 0.2) is 0 Å². The first-order valence-corrected chi connectivity index (χ1v) is 8.26. The topological polar surface area (TPSA) is 98.8 Å². The van der Waals surface area contributed by atoms with Crippen LogP contribution in [0.25, 0.3) is 0 Å². The summed E-state index contributed by atoms with van der Waals surface area (Å²) < 4.78 is 23.6. The Morgan fingerprint density at radius 2 is 1.86 bits per heavy atom. The molecule has 0 bridgehead atoms. The van der Waals surface area contributed by atoms with Gasteiger partial charge in [0, 0.05) is 24.8 Å². The van der Waals surface area contributed by atoms with E-state index in [9.17, 15) is 8.42 Å². The Morgan fingerprint density at radius 3 is 2.33 bits per heavy atom. The Hall–Kier alpha value is -1.86. The lowest BCUT2D eigenvalue weighted by Crippen LogP contribution is -2.44. The number of nitrogens with zero attached hydrogens (tertiary/aromatic N) is 3. The van der Waals surface area contributed by atoms with Gasteiger partial charge >= 0.3 is 0 Å². The molecule has 0 aliphatic carbocycles. The van der Waals surface area contributed by atoms with Gasteiger partial charge in [-0.1, -0.05) is 19.9 Å². The Balaban J connectivity index is 2.73. The number of nitrogens with two attached hydrogens (primary N) is 1. The number of primary sulfonamides is 1. The normalized spacial score (nSPS) is 14.9. The monoisotopic (exact) mass is 306 g/mol. The summed E-state index contributed by atoms with van der Waals surface area (Å²) in [6.45, 7) is 3.85. The van der Waals surface area contributed by atoms with Crippen LogP contribution in [0, 0.1) is 5.92 Å². The first-order valence-electron chi connectivity index (χ1n) is 6.55. The van der Waals surface area contributed by atoms with E-state index in [0.717, 1.165) is 5.56 Å². The molecule has 1 atom stereocenters. The van der Waals surface area contributed by atoms with Crippen molar-refractivity contribution in [2.45, 2.75) is 19.3 Å². The van der Waals surface area contributed by atoms with Crippen LogP contribution in [0.15, 0.2) is 43.0 Å². The minimum absolute atomic E-state index is 0.0811. The fourth-order valence-corrected chi connectivity index (χ4v) is 3.77. The maximum Gasteiger partial charge on any atom is 0.210 e. The molecule has 7 heteroatoms. The fraction of sp³-hybridized carbons (Fsp3) is 0.357. The van der Waals surface area contributed by atoms with Crippen molar-refractivity contribution in [3.8, 4) is 0 Å². The zero-order valence-electron chi connectivity index (χ0n) is 12.0. The number of rotatable bonds is 5. The minimum atomic E-state index is -3.73. The Bertz CT molecular complexity index is 648. The summed E-state index contributed by atoms with van der Waals surface area (Å²) in [5.41, 5.74) is -0.191. The molecule has 0 fully saturated rings. The third-order valence-electron chi connectivity index (χ3n) is 3.56. The third-order valence-corrected chi connectivity index (χ3v) is 4.41. The highest BCUT2D eigenvalue weighted by Gasteiger charge is 2.43. The summed E-state index contributed by atoms with van der Waals surface area (Å²) in [5.74, 6) is 0.0809. The lowest BCUT2D eigenvalue weighted by atomic mass is 9.73. The zero-order valence-corrected chi connectivity index (χ0v) is 12.8. The van der Waals surface area contributed by atoms with E-state index in [4.69, 9.17) is 5.14 Å². The van der Waals surface area contributed by atoms with Crippen molar-refractivity contribution in [3.05, 3.63) is 54.4 Å². The highest BCUT2D eigenvalue weighted by molar-refractivity contribution is 7.89. The molecule has 0 radical (unpaired) electrons. The number of sulfonamides is 1. The van der Waals surface area contributed by atoms with Crippen LogP contribution in [0.4, 0.5) is 0 Å². The minimum Gasteiger partial charge on any atom is -0.264 e.